The molecule has 0 spiro atoms. The number of pyridine rings is 1. The first-order valence-corrected chi connectivity index (χ1v) is 11.5. The molecule has 3 aromatic heterocycles. The summed E-state index contributed by atoms with van der Waals surface area (Å²) in [5.74, 6) is 1.64. The summed E-state index contributed by atoms with van der Waals surface area (Å²) in [7, 11) is 3.42. The minimum Gasteiger partial charge on any atom is -0.497 e. The number of imidazole rings is 1. The number of carbonyl (C=O) groups is 1. The van der Waals surface area contributed by atoms with Crippen LogP contribution >= 0.6 is 0 Å². The first kappa shape index (κ1) is 21.9. The Morgan fingerprint density at radius 1 is 1.12 bits per heavy atom. The summed E-state index contributed by atoms with van der Waals surface area (Å²) in [6, 6.07) is 11.3. The molecule has 176 valence electrons. The van der Waals surface area contributed by atoms with Crippen molar-refractivity contribution < 1.29 is 9.53 Å². The van der Waals surface area contributed by atoms with Crippen LogP contribution in [0.4, 0.5) is 5.82 Å². The number of benzene rings is 1. The average molecular weight is 461 g/mol. The molecule has 0 bridgehead atoms. The van der Waals surface area contributed by atoms with E-state index in [9.17, 15) is 9.59 Å². The molecular formula is C25H28N6O3. The standard InChI is InChI=1S/C25H28N6O3/c1-30-21-8-7-19(34-2)13-22(21)31(25(30)33)15-16-3-5-18(6-4-16)24(32)27-23-14-20(28-29-23)17-9-11-26-12-10-17/h7-14,16,18H,3-6,15H2,1-2H3,(H2,27,28,29,32). The highest BCUT2D eigenvalue weighted by atomic mass is 16.5. The second kappa shape index (κ2) is 9.17. The number of nitrogens with zero attached hydrogens (tertiary/aromatic N) is 4. The predicted molar refractivity (Wildman–Crippen MR) is 130 cm³/mol. The number of ether oxygens (including phenoxy) is 1. The average Bonchev–Trinajstić information content (AvgIpc) is 3.43. The van der Waals surface area contributed by atoms with E-state index < -0.39 is 0 Å². The fourth-order valence-corrected chi connectivity index (χ4v) is 4.85. The quantitative estimate of drug-likeness (QED) is 0.457. The Labute approximate surface area is 196 Å². The van der Waals surface area contributed by atoms with Gasteiger partial charge in [-0.25, -0.2) is 4.79 Å². The summed E-state index contributed by atoms with van der Waals surface area (Å²) in [5, 5.41) is 10.1. The molecule has 1 fully saturated rings. The van der Waals surface area contributed by atoms with Crippen LogP contribution in [-0.2, 0) is 18.4 Å². The first-order chi connectivity index (χ1) is 16.5. The summed E-state index contributed by atoms with van der Waals surface area (Å²) in [5.41, 5.74) is 3.46. The van der Waals surface area contributed by atoms with Crippen LogP contribution in [0.15, 0.2) is 53.6 Å². The maximum Gasteiger partial charge on any atom is 0.328 e. The van der Waals surface area contributed by atoms with Crippen molar-refractivity contribution in [3.63, 3.8) is 0 Å². The van der Waals surface area contributed by atoms with E-state index in [-0.39, 0.29) is 17.5 Å². The van der Waals surface area contributed by atoms with Crippen LogP contribution in [0.1, 0.15) is 25.7 Å². The summed E-state index contributed by atoms with van der Waals surface area (Å²) in [4.78, 5) is 29.7. The van der Waals surface area contributed by atoms with Crippen molar-refractivity contribution in [2.24, 2.45) is 18.9 Å². The van der Waals surface area contributed by atoms with Gasteiger partial charge >= 0.3 is 5.69 Å². The van der Waals surface area contributed by atoms with Crippen molar-refractivity contribution in [2.75, 3.05) is 12.4 Å². The van der Waals surface area contributed by atoms with E-state index >= 15 is 0 Å². The Bertz CT molecular complexity index is 1360. The number of hydrogen-bond acceptors (Lipinski definition) is 5. The molecule has 1 aliphatic carbocycles. The van der Waals surface area contributed by atoms with Gasteiger partial charge in [0.05, 0.1) is 23.8 Å². The third-order valence-corrected chi connectivity index (χ3v) is 6.82. The third kappa shape index (κ3) is 4.21. The normalized spacial score (nSPS) is 18.2. The maximum absolute atomic E-state index is 12.8. The zero-order valence-electron chi connectivity index (χ0n) is 19.3. The van der Waals surface area contributed by atoms with E-state index in [4.69, 9.17) is 4.74 Å². The highest BCUT2D eigenvalue weighted by Crippen LogP contribution is 2.32. The largest absolute Gasteiger partial charge is 0.497 e. The number of nitrogens with one attached hydrogen (secondary N) is 2. The highest BCUT2D eigenvalue weighted by Gasteiger charge is 2.28. The lowest BCUT2D eigenvalue weighted by Crippen LogP contribution is -2.31. The van der Waals surface area contributed by atoms with Crippen LogP contribution in [-0.4, -0.2) is 37.3 Å². The molecule has 5 rings (SSSR count). The van der Waals surface area contributed by atoms with Crippen LogP contribution in [0, 0.1) is 11.8 Å². The SMILES string of the molecule is COc1ccc2c(c1)n(CC1CCC(C(=O)Nc3cc(-c4ccncc4)n[nH]3)CC1)c(=O)n2C. The van der Waals surface area contributed by atoms with E-state index in [1.54, 1.807) is 31.1 Å². The number of aromatic amines is 1. The van der Waals surface area contributed by atoms with Gasteiger partial charge in [-0.2, -0.15) is 5.10 Å². The number of aryl methyl sites for hydroxylation is 1. The number of methoxy groups -OCH3 is 1. The van der Waals surface area contributed by atoms with E-state index in [0.29, 0.717) is 18.3 Å². The number of hydrogen-bond donors (Lipinski definition) is 2. The molecular weight excluding hydrogens is 432 g/mol. The summed E-state index contributed by atoms with van der Waals surface area (Å²) in [6.07, 6.45) is 6.81. The molecule has 0 saturated heterocycles. The molecule has 3 heterocycles. The highest BCUT2D eigenvalue weighted by molar-refractivity contribution is 5.92. The van der Waals surface area contributed by atoms with Gasteiger partial charge in [0.15, 0.2) is 0 Å². The summed E-state index contributed by atoms with van der Waals surface area (Å²) in [6.45, 7) is 0.646. The minimum atomic E-state index is -0.0479. The molecule has 0 aliphatic heterocycles. The van der Waals surface area contributed by atoms with Crippen molar-refractivity contribution >= 4 is 22.8 Å². The van der Waals surface area contributed by atoms with E-state index in [0.717, 1.165) is 53.7 Å². The first-order valence-electron chi connectivity index (χ1n) is 11.5. The number of amides is 1. The maximum atomic E-state index is 12.8. The minimum absolute atomic E-state index is 0.00967. The van der Waals surface area contributed by atoms with Gasteiger partial charge in [-0.05, 0) is 55.9 Å². The predicted octanol–water partition coefficient (Wildman–Crippen LogP) is 3.58. The third-order valence-electron chi connectivity index (χ3n) is 6.82. The lowest BCUT2D eigenvalue weighted by molar-refractivity contribution is -0.121. The fourth-order valence-electron chi connectivity index (χ4n) is 4.85. The van der Waals surface area contributed by atoms with Crippen LogP contribution in [0.2, 0.25) is 0 Å². The number of anilines is 1. The van der Waals surface area contributed by atoms with E-state index in [1.165, 1.54) is 0 Å². The Hall–Kier alpha value is -3.88. The molecule has 9 heteroatoms. The lowest BCUT2D eigenvalue weighted by atomic mass is 9.81. The van der Waals surface area contributed by atoms with Gasteiger partial charge in [0.2, 0.25) is 5.91 Å². The smallest absolute Gasteiger partial charge is 0.328 e. The van der Waals surface area contributed by atoms with Crippen molar-refractivity contribution in [2.45, 2.75) is 32.2 Å². The fraction of sp³-hybridized carbons (Fsp3) is 0.360. The van der Waals surface area contributed by atoms with Crippen molar-refractivity contribution in [1.82, 2.24) is 24.3 Å². The van der Waals surface area contributed by atoms with Crippen molar-refractivity contribution in [1.29, 1.82) is 0 Å². The molecule has 2 N–H and O–H groups in total. The number of rotatable bonds is 6. The van der Waals surface area contributed by atoms with Gasteiger partial charge in [0.1, 0.15) is 11.6 Å². The van der Waals surface area contributed by atoms with Crippen LogP contribution in [0.5, 0.6) is 5.75 Å². The second-order valence-electron chi connectivity index (χ2n) is 8.92. The summed E-state index contributed by atoms with van der Waals surface area (Å²) < 4.78 is 8.87. The Morgan fingerprint density at radius 3 is 2.62 bits per heavy atom. The molecule has 1 amide bonds. The number of carbonyl (C=O) groups excluding carboxylic acids is 1. The van der Waals surface area contributed by atoms with E-state index in [1.807, 2.05) is 41.0 Å². The van der Waals surface area contributed by atoms with Gasteiger partial charge in [0.25, 0.3) is 0 Å². The monoisotopic (exact) mass is 460 g/mol. The Balaban J connectivity index is 1.21. The van der Waals surface area contributed by atoms with Crippen LogP contribution in [0.25, 0.3) is 22.3 Å². The van der Waals surface area contributed by atoms with E-state index in [2.05, 4.69) is 20.5 Å². The molecule has 0 radical (unpaired) electrons. The molecule has 34 heavy (non-hydrogen) atoms. The van der Waals surface area contributed by atoms with Gasteiger partial charge < -0.3 is 10.1 Å². The molecule has 1 aliphatic rings. The van der Waals surface area contributed by atoms with Gasteiger partial charge in [0, 0.05) is 49.6 Å². The number of H-pyrrole nitrogens is 1. The Morgan fingerprint density at radius 2 is 1.88 bits per heavy atom. The lowest BCUT2D eigenvalue weighted by Gasteiger charge is -2.27. The zero-order valence-corrected chi connectivity index (χ0v) is 19.3. The van der Waals surface area contributed by atoms with Gasteiger partial charge in [-0.15, -0.1) is 0 Å². The van der Waals surface area contributed by atoms with Crippen molar-refractivity contribution in [3.05, 3.63) is 59.3 Å². The molecule has 4 aromatic rings. The molecule has 9 nitrogen and oxygen atoms in total. The molecule has 1 aromatic carbocycles. The zero-order chi connectivity index (χ0) is 23.7. The van der Waals surface area contributed by atoms with Crippen LogP contribution < -0.4 is 15.7 Å². The van der Waals surface area contributed by atoms with Gasteiger partial charge in [-0.3, -0.25) is 24.0 Å². The number of aromatic nitrogens is 5. The van der Waals surface area contributed by atoms with Crippen LogP contribution in [0.3, 0.4) is 0 Å². The molecule has 0 atom stereocenters. The topological polar surface area (TPSA) is 107 Å². The number of fused-ring (bicyclic) bond motifs is 1. The molecule has 1 saturated carbocycles. The Kier molecular flexibility index (Phi) is 5.91. The summed E-state index contributed by atoms with van der Waals surface area (Å²) >= 11 is 0. The van der Waals surface area contributed by atoms with Gasteiger partial charge in [-0.1, -0.05) is 0 Å². The second-order valence-corrected chi connectivity index (χ2v) is 8.92. The van der Waals surface area contributed by atoms with Crippen molar-refractivity contribution in [3.8, 4) is 17.0 Å². The molecule has 0 unspecified atom stereocenters.